The largest absolute Gasteiger partial charge is 0.466 e. The maximum atomic E-state index is 11.8. The van der Waals surface area contributed by atoms with Crippen LogP contribution in [-0.2, 0) is 9.53 Å². The van der Waals surface area contributed by atoms with Crippen molar-refractivity contribution in [3.8, 4) is 0 Å². The molecule has 0 atom stereocenters. The van der Waals surface area contributed by atoms with Gasteiger partial charge in [0.05, 0.1) is 6.61 Å². The third kappa shape index (κ3) is 22.4. The van der Waals surface area contributed by atoms with E-state index in [1.807, 2.05) is 0 Å². The molecular formula is C30H56O2. The molecule has 0 amide bonds. The van der Waals surface area contributed by atoms with Crippen LogP contribution in [0.1, 0.15) is 161 Å². The Hall–Kier alpha value is -0.790. The van der Waals surface area contributed by atoms with Crippen molar-refractivity contribution in [2.45, 2.75) is 161 Å². The molecule has 0 aromatic rings. The standard InChI is InChI=1S/C30H56O2/c1-2-3-4-5-6-7-8-9-10-11-12-13-14-17-20-23-28-32-30(31)25-22-19-16-15-18-21-24-29-26-27-29/h9-10,29H,2-8,11-28H2,1H3. The zero-order valence-electron chi connectivity index (χ0n) is 21.7. The first-order chi connectivity index (χ1) is 15.8. The van der Waals surface area contributed by atoms with Crippen molar-refractivity contribution in [2.24, 2.45) is 5.92 Å². The Bertz CT molecular complexity index is 425. The highest BCUT2D eigenvalue weighted by Gasteiger charge is 2.19. The molecule has 2 nitrogen and oxygen atoms in total. The van der Waals surface area contributed by atoms with Gasteiger partial charge in [-0.1, -0.05) is 128 Å². The van der Waals surface area contributed by atoms with Gasteiger partial charge in [0.1, 0.15) is 0 Å². The van der Waals surface area contributed by atoms with Gasteiger partial charge < -0.3 is 4.74 Å². The van der Waals surface area contributed by atoms with Gasteiger partial charge in [-0.25, -0.2) is 0 Å². The lowest BCUT2D eigenvalue weighted by atomic mass is 10.1. The number of carbonyl (C=O) groups excluding carboxylic acids is 1. The van der Waals surface area contributed by atoms with Gasteiger partial charge in [0.25, 0.3) is 0 Å². The van der Waals surface area contributed by atoms with Crippen molar-refractivity contribution >= 4 is 5.97 Å². The molecule has 2 heteroatoms. The van der Waals surface area contributed by atoms with Crippen molar-refractivity contribution in [1.82, 2.24) is 0 Å². The van der Waals surface area contributed by atoms with E-state index in [9.17, 15) is 4.79 Å². The average Bonchev–Trinajstić information content (AvgIpc) is 3.62. The molecule has 0 unspecified atom stereocenters. The van der Waals surface area contributed by atoms with Gasteiger partial charge in [-0.2, -0.15) is 0 Å². The van der Waals surface area contributed by atoms with Gasteiger partial charge in [-0.15, -0.1) is 0 Å². The summed E-state index contributed by atoms with van der Waals surface area (Å²) in [5, 5.41) is 0. The fourth-order valence-corrected chi connectivity index (χ4v) is 4.42. The Morgan fingerprint density at radius 1 is 0.656 bits per heavy atom. The molecule has 0 bridgehead atoms. The number of hydrogen-bond acceptors (Lipinski definition) is 2. The number of allylic oxidation sites excluding steroid dienone is 2. The first-order valence-electron chi connectivity index (χ1n) is 14.6. The summed E-state index contributed by atoms with van der Waals surface area (Å²) < 4.78 is 5.39. The highest BCUT2D eigenvalue weighted by molar-refractivity contribution is 5.69. The summed E-state index contributed by atoms with van der Waals surface area (Å²) in [6.07, 6.45) is 35.8. The van der Waals surface area contributed by atoms with E-state index in [0.717, 1.165) is 18.8 Å². The summed E-state index contributed by atoms with van der Waals surface area (Å²) >= 11 is 0. The minimum Gasteiger partial charge on any atom is -0.466 e. The number of esters is 1. The lowest BCUT2D eigenvalue weighted by Gasteiger charge is -2.05. The summed E-state index contributed by atoms with van der Waals surface area (Å²) in [4.78, 5) is 11.8. The summed E-state index contributed by atoms with van der Waals surface area (Å²) in [5.41, 5.74) is 0. The van der Waals surface area contributed by atoms with Crippen molar-refractivity contribution < 1.29 is 9.53 Å². The molecule has 0 aromatic heterocycles. The first-order valence-corrected chi connectivity index (χ1v) is 14.6. The average molecular weight is 449 g/mol. The molecule has 0 radical (unpaired) electrons. The van der Waals surface area contributed by atoms with Crippen LogP contribution in [0.5, 0.6) is 0 Å². The van der Waals surface area contributed by atoms with Crippen LogP contribution >= 0.6 is 0 Å². The van der Waals surface area contributed by atoms with Crippen LogP contribution in [0.25, 0.3) is 0 Å². The molecule has 0 saturated heterocycles. The maximum absolute atomic E-state index is 11.8. The van der Waals surface area contributed by atoms with Gasteiger partial charge in [0.2, 0.25) is 0 Å². The van der Waals surface area contributed by atoms with E-state index in [1.165, 1.54) is 135 Å². The van der Waals surface area contributed by atoms with Crippen LogP contribution in [0.15, 0.2) is 12.2 Å². The number of unbranched alkanes of at least 4 members (excludes halogenated alkanes) is 17. The van der Waals surface area contributed by atoms with E-state index in [-0.39, 0.29) is 5.97 Å². The molecule has 0 heterocycles. The van der Waals surface area contributed by atoms with Crippen molar-refractivity contribution in [3.05, 3.63) is 12.2 Å². The molecule has 0 spiro atoms. The smallest absolute Gasteiger partial charge is 0.305 e. The van der Waals surface area contributed by atoms with Crippen LogP contribution in [0.2, 0.25) is 0 Å². The van der Waals surface area contributed by atoms with E-state index in [1.54, 1.807) is 0 Å². The minimum atomic E-state index is 0.0199. The second-order valence-electron chi connectivity index (χ2n) is 10.3. The van der Waals surface area contributed by atoms with Gasteiger partial charge in [-0.05, 0) is 44.4 Å². The number of ether oxygens (including phenoxy) is 1. The molecule has 188 valence electrons. The SMILES string of the molecule is CCCCCCCCC=CCCCCCCCCOC(=O)CCCCCCCCC1CC1. The van der Waals surface area contributed by atoms with E-state index in [4.69, 9.17) is 4.74 Å². The van der Waals surface area contributed by atoms with Gasteiger partial charge in [0, 0.05) is 6.42 Å². The van der Waals surface area contributed by atoms with E-state index < -0.39 is 0 Å². The van der Waals surface area contributed by atoms with Crippen LogP contribution in [0.3, 0.4) is 0 Å². The number of carbonyl (C=O) groups is 1. The van der Waals surface area contributed by atoms with Crippen LogP contribution in [0, 0.1) is 5.92 Å². The molecular weight excluding hydrogens is 392 g/mol. The van der Waals surface area contributed by atoms with Crippen molar-refractivity contribution in [3.63, 3.8) is 0 Å². The summed E-state index contributed by atoms with van der Waals surface area (Å²) in [7, 11) is 0. The predicted octanol–water partition coefficient (Wildman–Crippen LogP) is 10.1. The maximum Gasteiger partial charge on any atom is 0.305 e. The van der Waals surface area contributed by atoms with Crippen LogP contribution in [0.4, 0.5) is 0 Å². The Morgan fingerprint density at radius 2 is 1.16 bits per heavy atom. The molecule has 32 heavy (non-hydrogen) atoms. The van der Waals surface area contributed by atoms with E-state index in [0.29, 0.717) is 13.0 Å². The van der Waals surface area contributed by atoms with E-state index >= 15 is 0 Å². The van der Waals surface area contributed by atoms with Crippen molar-refractivity contribution in [1.29, 1.82) is 0 Å². The fraction of sp³-hybridized carbons (Fsp3) is 0.900. The fourth-order valence-electron chi connectivity index (χ4n) is 4.42. The Labute approximate surface area is 201 Å². The highest BCUT2D eigenvalue weighted by Crippen LogP contribution is 2.34. The number of rotatable bonds is 25. The molecule has 1 saturated carbocycles. The van der Waals surface area contributed by atoms with Gasteiger partial charge in [-0.3, -0.25) is 4.79 Å². The van der Waals surface area contributed by atoms with Crippen LogP contribution in [-0.4, -0.2) is 12.6 Å². The highest BCUT2D eigenvalue weighted by atomic mass is 16.5. The normalized spacial score (nSPS) is 13.8. The zero-order chi connectivity index (χ0) is 23.0. The number of hydrogen-bond donors (Lipinski definition) is 0. The minimum absolute atomic E-state index is 0.0199. The lowest BCUT2D eigenvalue weighted by molar-refractivity contribution is -0.143. The second kappa shape index (κ2) is 23.4. The zero-order valence-corrected chi connectivity index (χ0v) is 21.7. The third-order valence-electron chi connectivity index (χ3n) is 6.86. The Balaban J connectivity index is 1.69. The third-order valence-corrected chi connectivity index (χ3v) is 6.86. The van der Waals surface area contributed by atoms with Crippen LogP contribution < -0.4 is 0 Å². The Kier molecular flexibility index (Phi) is 21.4. The summed E-state index contributed by atoms with van der Waals surface area (Å²) in [6, 6.07) is 0. The summed E-state index contributed by atoms with van der Waals surface area (Å²) in [6.45, 7) is 2.90. The summed E-state index contributed by atoms with van der Waals surface area (Å²) in [5.74, 6) is 1.10. The molecule has 0 aromatic carbocycles. The molecule has 1 fully saturated rings. The van der Waals surface area contributed by atoms with Gasteiger partial charge >= 0.3 is 5.97 Å². The molecule has 1 rings (SSSR count). The second-order valence-corrected chi connectivity index (χ2v) is 10.3. The lowest BCUT2D eigenvalue weighted by Crippen LogP contribution is -2.05. The van der Waals surface area contributed by atoms with Crippen molar-refractivity contribution in [2.75, 3.05) is 6.61 Å². The predicted molar refractivity (Wildman–Crippen MR) is 140 cm³/mol. The molecule has 0 aliphatic heterocycles. The quantitative estimate of drug-likeness (QED) is 0.0788. The Morgan fingerprint density at radius 3 is 1.75 bits per heavy atom. The molecule has 0 N–H and O–H groups in total. The molecule has 1 aliphatic carbocycles. The van der Waals surface area contributed by atoms with Gasteiger partial charge in [0.15, 0.2) is 0 Å². The molecule has 1 aliphatic rings. The monoisotopic (exact) mass is 448 g/mol. The van der Waals surface area contributed by atoms with E-state index in [2.05, 4.69) is 19.1 Å². The topological polar surface area (TPSA) is 26.3 Å². The first kappa shape index (κ1) is 29.2.